The van der Waals surface area contributed by atoms with Crippen LogP contribution in [0.1, 0.15) is 20.3 Å². The molecule has 0 saturated heterocycles. The molecule has 0 radical (unpaired) electrons. The van der Waals surface area contributed by atoms with Gasteiger partial charge in [0.15, 0.2) is 0 Å². The minimum atomic E-state index is -0.755. The normalized spacial score (nSPS) is 12.0. The van der Waals surface area contributed by atoms with Gasteiger partial charge in [-0.15, -0.1) is 0 Å². The topological polar surface area (TPSA) is 58.3 Å². The monoisotopic (exact) mass is 132 g/mol. The van der Waals surface area contributed by atoms with Gasteiger partial charge in [0.2, 0.25) is 0 Å². The van der Waals surface area contributed by atoms with Crippen molar-refractivity contribution in [2.75, 3.05) is 13.1 Å². The number of nitrogens with one attached hydrogen (secondary N) is 1. The van der Waals surface area contributed by atoms with Crippen LogP contribution in [0.25, 0.3) is 0 Å². The van der Waals surface area contributed by atoms with Crippen LogP contribution in [0.5, 0.6) is 0 Å². The highest BCUT2D eigenvalue weighted by Gasteiger charge is 2.08. The second-order valence-electron chi connectivity index (χ2n) is 2.63. The van der Waals surface area contributed by atoms with Gasteiger partial charge in [0.1, 0.15) is 5.72 Å². The largest absolute Gasteiger partial charge is 0.376 e. The maximum absolute atomic E-state index is 9.09. The number of nitrogens with two attached hydrogens (primary N) is 1. The van der Waals surface area contributed by atoms with Crippen molar-refractivity contribution in [3.8, 4) is 0 Å². The lowest BCUT2D eigenvalue weighted by molar-refractivity contribution is 0.0439. The minimum absolute atomic E-state index is 0.670. The maximum atomic E-state index is 9.09. The van der Waals surface area contributed by atoms with Crippen LogP contribution in [0.4, 0.5) is 0 Å². The number of rotatable bonds is 4. The molecule has 0 aromatic rings. The third-order valence-electron chi connectivity index (χ3n) is 0.939. The summed E-state index contributed by atoms with van der Waals surface area (Å²) < 4.78 is 0. The fourth-order valence-corrected chi connectivity index (χ4v) is 0.496. The van der Waals surface area contributed by atoms with Gasteiger partial charge in [-0.1, -0.05) is 0 Å². The molecule has 0 aliphatic heterocycles. The Balaban J connectivity index is 3.07. The zero-order valence-electron chi connectivity index (χ0n) is 6.15. The van der Waals surface area contributed by atoms with E-state index in [0.717, 1.165) is 13.0 Å². The lowest BCUT2D eigenvalue weighted by Crippen LogP contribution is -2.39. The molecule has 56 valence electrons. The molecule has 0 fully saturated rings. The molecule has 4 N–H and O–H groups in total. The Labute approximate surface area is 56.2 Å². The molecule has 0 spiro atoms. The van der Waals surface area contributed by atoms with Crippen molar-refractivity contribution in [1.82, 2.24) is 5.32 Å². The molecule has 0 unspecified atom stereocenters. The molecule has 0 aliphatic carbocycles. The van der Waals surface area contributed by atoms with Gasteiger partial charge in [-0.25, -0.2) is 0 Å². The van der Waals surface area contributed by atoms with Crippen molar-refractivity contribution < 1.29 is 5.11 Å². The molecule has 0 aromatic carbocycles. The van der Waals surface area contributed by atoms with Crippen molar-refractivity contribution in [3.63, 3.8) is 0 Å². The van der Waals surface area contributed by atoms with Crippen LogP contribution in [0.15, 0.2) is 0 Å². The van der Waals surface area contributed by atoms with Crippen LogP contribution in [-0.2, 0) is 0 Å². The highest BCUT2D eigenvalue weighted by atomic mass is 16.3. The van der Waals surface area contributed by atoms with Gasteiger partial charge < -0.3 is 10.8 Å². The predicted octanol–water partition coefficient (Wildman–Crippen LogP) is -0.347. The van der Waals surface area contributed by atoms with E-state index in [1.54, 1.807) is 13.8 Å². The van der Waals surface area contributed by atoms with E-state index in [9.17, 15) is 0 Å². The summed E-state index contributed by atoms with van der Waals surface area (Å²) in [7, 11) is 0. The Hall–Kier alpha value is -0.120. The van der Waals surface area contributed by atoms with E-state index in [1.807, 2.05) is 0 Å². The summed E-state index contributed by atoms with van der Waals surface area (Å²) in [5.74, 6) is 0. The number of hydrogen-bond donors (Lipinski definition) is 3. The molecule has 0 atom stereocenters. The SMILES string of the molecule is CC(C)(O)NCCCN. The van der Waals surface area contributed by atoms with Crippen molar-refractivity contribution in [3.05, 3.63) is 0 Å². The summed E-state index contributed by atoms with van der Waals surface area (Å²) >= 11 is 0. The molecule has 0 heterocycles. The minimum Gasteiger partial charge on any atom is -0.376 e. The molecule has 0 aliphatic rings. The van der Waals surface area contributed by atoms with Gasteiger partial charge >= 0.3 is 0 Å². The molecule has 0 bridgehead atoms. The molecule has 0 saturated carbocycles. The third-order valence-corrected chi connectivity index (χ3v) is 0.939. The van der Waals surface area contributed by atoms with Crippen LogP contribution in [-0.4, -0.2) is 23.9 Å². The first-order valence-corrected chi connectivity index (χ1v) is 3.24. The van der Waals surface area contributed by atoms with E-state index in [2.05, 4.69) is 5.32 Å². The number of hydrogen-bond acceptors (Lipinski definition) is 3. The van der Waals surface area contributed by atoms with Gasteiger partial charge in [0.05, 0.1) is 0 Å². The van der Waals surface area contributed by atoms with Crippen LogP contribution in [0.2, 0.25) is 0 Å². The molecule has 0 rings (SSSR count). The van der Waals surface area contributed by atoms with E-state index in [1.165, 1.54) is 0 Å². The summed E-state index contributed by atoms with van der Waals surface area (Å²) in [5.41, 5.74) is 4.48. The first kappa shape index (κ1) is 8.88. The molecule has 3 heteroatoms. The van der Waals surface area contributed by atoms with E-state index < -0.39 is 5.72 Å². The maximum Gasteiger partial charge on any atom is 0.110 e. The highest BCUT2D eigenvalue weighted by molar-refractivity contribution is 4.60. The highest BCUT2D eigenvalue weighted by Crippen LogP contribution is 1.92. The fraction of sp³-hybridized carbons (Fsp3) is 1.00. The van der Waals surface area contributed by atoms with Gasteiger partial charge in [-0.2, -0.15) is 0 Å². The Morgan fingerprint density at radius 2 is 2.11 bits per heavy atom. The Kier molecular flexibility index (Phi) is 3.77. The molecule has 0 amide bonds. The summed E-state index contributed by atoms with van der Waals surface area (Å²) in [6, 6.07) is 0. The van der Waals surface area contributed by atoms with Crippen LogP contribution >= 0.6 is 0 Å². The first-order chi connectivity index (χ1) is 4.06. The van der Waals surface area contributed by atoms with E-state index in [4.69, 9.17) is 10.8 Å². The lowest BCUT2D eigenvalue weighted by Gasteiger charge is -2.18. The summed E-state index contributed by atoms with van der Waals surface area (Å²) in [5, 5.41) is 12.0. The standard InChI is InChI=1S/C6H16N2O/c1-6(2,9)8-5-3-4-7/h8-9H,3-5,7H2,1-2H3. The zero-order valence-corrected chi connectivity index (χ0v) is 6.15. The number of aliphatic hydroxyl groups is 1. The van der Waals surface area contributed by atoms with Gasteiger partial charge in [0.25, 0.3) is 0 Å². The van der Waals surface area contributed by atoms with Gasteiger partial charge in [0, 0.05) is 0 Å². The van der Waals surface area contributed by atoms with Crippen molar-refractivity contribution >= 4 is 0 Å². The van der Waals surface area contributed by atoms with Crippen LogP contribution in [0.3, 0.4) is 0 Å². The molecule has 9 heavy (non-hydrogen) atoms. The van der Waals surface area contributed by atoms with Crippen LogP contribution < -0.4 is 11.1 Å². The van der Waals surface area contributed by atoms with E-state index in [0.29, 0.717) is 6.54 Å². The average Bonchev–Trinajstić information content (AvgIpc) is 1.63. The third kappa shape index (κ3) is 7.88. The molecular weight excluding hydrogens is 116 g/mol. The van der Waals surface area contributed by atoms with E-state index >= 15 is 0 Å². The summed E-state index contributed by atoms with van der Waals surface area (Å²) in [4.78, 5) is 0. The lowest BCUT2D eigenvalue weighted by atomic mass is 10.3. The first-order valence-electron chi connectivity index (χ1n) is 3.24. The predicted molar refractivity (Wildman–Crippen MR) is 38.0 cm³/mol. The molecule has 0 aromatic heterocycles. The van der Waals surface area contributed by atoms with Crippen molar-refractivity contribution in [2.24, 2.45) is 5.73 Å². The van der Waals surface area contributed by atoms with Gasteiger partial charge in [-0.05, 0) is 33.4 Å². The van der Waals surface area contributed by atoms with Crippen LogP contribution in [0, 0.1) is 0 Å². The fourth-order valence-electron chi connectivity index (χ4n) is 0.496. The molecular formula is C6H16N2O. The summed E-state index contributed by atoms with van der Waals surface area (Å²) in [6.45, 7) is 4.87. The smallest absolute Gasteiger partial charge is 0.110 e. The van der Waals surface area contributed by atoms with Crippen molar-refractivity contribution in [1.29, 1.82) is 0 Å². The second kappa shape index (κ2) is 3.82. The summed E-state index contributed by atoms with van der Waals surface area (Å²) in [6.07, 6.45) is 0.907. The quantitative estimate of drug-likeness (QED) is 0.362. The molecule has 3 nitrogen and oxygen atoms in total. The second-order valence-corrected chi connectivity index (χ2v) is 2.63. The Morgan fingerprint density at radius 3 is 2.44 bits per heavy atom. The Morgan fingerprint density at radius 1 is 1.56 bits per heavy atom. The van der Waals surface area contributed by atoms with Crippen molar-refractivity contribution in [2.45, 2.75) is 26.0 Å². The van der Waals surface area contributed by atoms with Gasteiger partial charge in [-0.3, -0.25) is 5.32 Å². The Bertz CT molecular complexity index is 67.9. The zero-order chi connectivity index (χ0) is 7.33. The average molecular weight is 132 g/mol. The van der Waals surface area contributed by atoms with E-state index in [-0.39, 0.29) is 0 Å².